The lowest BCUT2D eigenvalue weighted by molar-refractivity contribution is 0.221. The third-order valence-electron chi connectivity index (χ3n) is 8.37. The van der Waals surface area contributed by atoms with Gasteiger partial charge in [0.15, 0.2) is 0 Å². The van der Waals surface area contributed by atoms with Crippen LogP contribution in [0.25, 0.3) is 10.9 Å². The second-order valence-electron chi connectivity index (χ2n) is 10.6. The predicted octanol–water partition coefficient (Wildman–Crippen LogP) is 6.64. The molecule has 0 unspecified atom stereocenters. The Morgan fingerprint density at radius 3 is 2.39 bits per heavy atom. The van der Waals surface area contributed by atoms with E-state index in [1.54, 1.807) is 6.07 Å². The van der Waals surface area contributed by atoms with Crippen LogP contribution in [0.2, 0.25) is 0 Å². The monoisotopic (exact) mass is 509 g/mol. The van der Waals surface area contributed by atoms with E-state index >= 15 is 0 Å². The van der Waals surface area contributed by atoms with E-state index < -0.39 is 15.8 Å². The molecule has 1 aromatic heterocycles. The first-order valence-electron chi connectivity index (χ1n) is 13.0. The van der Waals surface area contributed by atoms with Crippen molar-refractivity contribution in [3.8, 4) is 0 Å². The molecule has 5 nitrogen and oxygen atoms in total. The topological polar surface area (TPSA) is 54.3 Å². The fourth-order valence-electron chi connectivity index (χ4n) is 6.13. The van der Waals surface area contributed by atoms with Crippen LogP contribution in [0.1, 0.15) is 56.9 Å². The Balaban J connectivity index is 1.32. The lowest BCUT2D eigenvalue weighted by atomic mass is 9.86. The first-order chi connectivity index (χ1) is 17.2. The van der Waals surface area contributed by atoms with Crippen LogP contribution < -0.4 is 4.72 Å². The van der Waals surface area contributed by atoms with Crippen molar-refractivity contribution in [3.63, 3.8) is 0 Å². The number of hydrogen-bond acceptors (Lipinski definition) is 3. The number of rotatable bonds is 7. The summed E-state index contributed by atoms with van der Waals surface area (Å²) in [5, 5.41) is 1.08. The summed E-state index contributed by atoms with van der Waals surface area (Å²) in [6.45, 7) is 8.85. The Hall–Kier alpha value is -2.80. The van der Waals surface area contributed by atoms with E-state index in [2.05, 4.69) is 33.9 Å². The number of aromatic nitrogens is 1. The maximum absolute atomic E-state index is 13.3. The van der Waals surface area contributed by atoms with Gasteiger partial charge in [0, 0.05) is 48.6 Å². The fraction of sp³-hybridized carbons (Fsp3) is 0.448. The highest BCUT2D eigenvalue weighted by molar-refractivity contribution is 7.92. The molecule has 36 heavy (non-hydrogen) atoms. The zero-order valence-corrected chi connectivity index (χ0v) is 22.0. The van der Waals surface area contributed by atoms with Crippen molar-refractivity contribution in [3.05, 3.63) is 72.3 Å². The molecule has 2 aliphatic rings. The average Bonchev–Trinajstić information content (AvgIpc) is 3.52. The van der Waals surface area contributed by atoms with E-state index in [1.165, 1.54) is 49.1 Å². The highest BCUT2D eigenvalue weighted by Gasteiger charge is 2.29. The lowest BCUT2D eigenvalue weighted by Gasteiger charge is -2.38. The molecule has 0 amide bonds. The van der Waals surface area contributed by atoms with Crippen molar-refractivity contribution in [1.29, 1.82) is 0 Å². The molecular formula is C29H36FN3O2S. The van der Waals surface area contributed by atoms with Gasteiger partial charge in [-0.05, 0) is 91.5 Å². The molecule has 1 saturated carbocycles. The number of fused-ring (bicyclic) bond motifs is 1. The number of likely N-dealkylation sites (tertiary alicyclic amines) is 1. The molecular weight excluding hydrogens is 473 g/mol. The molecule has 0 spiro atoms. The second-order valence-corrected chi connectivity index (χ2v) is 12.3. The van der Waals surface area contributed by atoms with Crippen LogP contribution in [0.4, 0.5) is 10.1 Å². The zero-order chi connectivity index (χ0) is 25.4. The number of allylic oxidation sites excluding steroid dienone is 1. The zero-order valence-electron chi connectivity index (χ0n) is 21.2. The number of benzene rings is 2. The van der Waals surface area contributed by atoms with Crippen molar-refractivity contribution < 1.29 is 12.8 Å². The number of nitrogens with zero attached hydrogens (tertiary/aromatic N) is 2. The number of piperidine rings is 1. The van der Waals surface area contributed by atoms with Crippen molar-refractivity contribution in [1.82, 2.24) is 9.47 Å². The minimum atomic E-state index is -3.80. The highest BCUT2D eigenvalue weighted by atomic mass is 32.2. The molecule has 0 bridgehead atoms. The third-order valence-corrected chi connectivity index (χ3v) is 9.77. The summed E-state index contributed by atoms with van der Waals surface area (Å²) in [6, 6.07) is 10.5. The van der Waals surface area contributed by atoms with Crippen LogP contribution in [-0.4, -0.2) is 31.0 Å². The predicted molar refractivity (Wildman–Crippen MR) is 144 cm³/mol. The summed E-state index contributed by atoms with van der Waals surface area (Å²) >= 11 is 0. The summed E-state index contributed by atoms with van der Waals surface area (Å²) in [4.78, 5) is 2.53. The SMILES string of the molecule is C=C([C@H](C)C1CCCC1)N1CCC(c2cn(C)c3ccc(NS(=O)(=O)c4ccc(F)cc4)cc23)CC1. The Morgan fingerprint density at radius 1 is 1.06 bits per heavy atom. The highest BCUT2D eigenvalue weighted by Crippen LogP contribution is 2.39. The van der Waals surface area contributed by atoms with Crippen LogP contribution >= 0.6 is 0 Å². The van der Waals surface area contributed by atoms with Crippen molar-refractivity contribution in [2.75, 3.05) is 17.8 Å². The molecule has 2 fully saturated rings. The number of hydrogen-bond donors (Lipinski definition) is 1. The molecule has 3 aromatic rings. The molecule has 1 atom stereocenters. The Kier molecular flexibility index (Phi) is 6.86. The summed E-state index contributed by atoms with van der Waals surface area (Å²) in [7, 11) is -1.77. The normalized spacial score (nSPS) is 18.6. The van der Waals surface area contributed by atoms with Gasteiger partial charge in [-0.25, -0.2) is 12.8 Å². The van der Waals surface area contributed by atoms with Gasteiger partial charge in [0.2, 0.25) is 0 Å². The van der Waals surface area contributed by atoms with Crippen molar-refractivity contribution in [2.45, 2.75) is 56.3 Å². The number of anilines is 1. The van der Waals surface area contributed by atoms with E-state index in [9.17, 15) is 12.8 Å². The molecule has 7 heteroatoms. The minimum absolute atomic E-state index is 0.0386. The molecule has 2 heterocycles. The van der Waals surface area contributed by atoms with Crippen molar-refractivity contribution in [2.24, 2.45) is 18.9 Å². The summed E-state index contributed by atoms with van der Waals surface area (Å²) < 4.78 is 43.7. The number of nitrogens with one attached hydrogen (secondary N) is 1. The van der Waals surface area contributed by atoms with Gasteiger partial charge in [-0.15, -0.1) is 0 Å². The van der Waals surface area contributed by atoms with Gasteiger partial charge in [-0.3, -0.25) is 4.72 Å². The molecule has 2 aromatic carbocycles. The van der Waals surface area contributed by atoms with E-state index in [1.807, 2.05) is 19.2 Å². The summed E-state index contributed by atoms with van der Waals surface area (Å²) in [5.74, 6) is 1.29. The first kappa shape index (κ1) is 24.9. The van der Waals surface area contributed by atoms with Gasteiger partial charge in [-0.1, -0.05) is 26.3 Å². The molecule has 1 N–H and O–H groups in total. The van der Waals surface area contributed by atoms with E-state index in [4.69, 9.17) is 0 Å². The number of halogens is 1. The second kappa shape index (κ2) is 9.92. The molecule has 1 saturated heterocycles. The van der Waals surface area contributed by atoms with E-state index in [0.717, 1.165) is 54.9 Å². The van der Waals surface area contributed by atoms with Gasteiger partial charge in [-0.2, -0.15) is 0 Å². The summed E-state index contributed by atoms with van der Waals surface area (Å²) in [6.07, 6.45) is 9.68. The minimum Gasteiger partial charge on any atom is -0.375 e. The van der Waals surface area contributed by atoms with Crippen molar-refractivity contribution >= 4 is 26.6 Å². The van der Waals surface area contributed by atoms with E-state index in [0.29, 0.717) is 17.5 Å². The maximum atomic E-state index is 13.3. The molecule has 1 aliphatic heterocycles. The molecule has 192 valence electrons. The standard InChI is InChI=1S/C29H36FN3O2S/c1-20(22-6-4-5-7-22)21(2)33-16-14-23(15-17-33)28-19-32(3)29-13-10-25(18-27(28)29)31-36(34,35)26-11-8-24(30)9-12-26/h8-13,18-20,22-23,31H,2,4-7,14-17H2,1,3H3/t20-/m0/s1. The Morgan fingerprint density at radius 2 is 1.72 bits per heavy atom. The van der Waals surface area contributed by atoms with Gasteiger partial charge >= 0.3 is 0 Å². The van der Waals surface area contributed by atoms with Gasteiger partial charge in [0.25, 0.3) is 10.0 Å². The summed E-state index contributed by atoms with van der Waals surface area (Å²) in [5.41, 5.74) is 4.16. The van der Waals surface area contributed by atoms with E-state index in [-0.39, 0.29) is 4.90 Å². The lowest BCUT2D eigenvalue weighted by Crippen LogP contribution is -2.35. The quantitative estimate of drug-likeness (QED) is 0.389. The van der Waals surface area contributed by atoms with Crippen LogP contribution in [0.3, 0.4) is 0 Å². The molecule has 1 aliphatic carbocycles. The molecule has 5 rings (SSSR count). The number of aryl methyl sites for hydroxylation is 1. The Bertz CT molecular complexity index is 1350. The van der Waals surface area contributed by atoms with Gasteiger partial charge in [0.05, 0.1) is 4.90 Å². The number of sulfonamides is 1. The molecule has 0 radical (unpaired) electrons. The van der Waals surface area contributed by atoms with Crippen LogP contribution in [-0.2, 0) is 17.1 Å². The first-order valence-corrected chi connectivity index (χ1v) is 14.5. The van der Waals surface area contributed by atoms with Gasteiger partial charge in [0.1, 0.15) is 5.82 Å². The average molecular weight is 510 g/mol. The largest absolute Gasteiger partial charge is 0.375 e. The maximum Gasteiger partial charge on any atom is 0.261 e. The fourth-order valence-corrected chi connectivity index (χ4v) is 7.18. The smallest absolute Gasteiger partial charge is 0.261 e. The Labute approximate surface area is 214 Å². The van der Waals surface area contributed by atoms with Crippen LogP contribution in [0.5, 0.6) is 0 Å². The van der Waals surface area contributed by atoms with Crippen LogP contribution in [0.15, 0.2) is 65.8 Å². The third kappa shape index (κ3) is 4.90. The van der Waals surface area contributed by atoms with Crippen LogP contribution in [0, 0.1) is 17.7 Å². The van der Waals surface area contributed by atoms with Gasteiger partial charge < -0.3 is 9.47 Å².